The molecular weight excluding hydrogens is 218 g/mol. The molecule has 0 aliphatic heterocycles. The molecule has 0 amide bonds. The molecule has 2 rings (SSSR count). The van der Waals surface area contributed by atoms with Crippen molar-refractivity contribution < 1.29 is 8.78 Å². The van der Waals surface area contributed by atoms with Crippen molar-refractivity contribution >= 4 is 0 Å². The van der Waals surface area contributed by atoms with E-state index in [0.29, 0.717) is 15.9 Å². The summed E-state index contributed by atoms with van der Waals surface area (Å²) in [6.07, 6.45) is 2.53. The lowest BCUT2D eigenvalue weighted by molar-refractivity contribution is 0.0663. The molecule has 2 aromatic heterocycles. The molecule has 0 atom stereocenters. The fourth-order valence-corrected chi connectivity index (χ4v) is 1.23. The minimum absolute atomic E-state index is 0.333. The molecule has 2 aromatic rings. The van der Waals surface area contributed by atoms with Crippen LogP contribution in [0.2, 0.25) is 0 Å². The molecule has 2 heterocycles. The van der Waals surface area contributed by atoms with Gasteiger partial charge in [-0.25, -0.2) is 0 Å². The summed E-state index contributed by atoms with van der Waals surface area (Å²) >= 11 is 0. The molecule has 16 heavy (non-hydrogen) atoms. The minimum atomic E-state index is -2.84. The summed E-state index contributed by atoms with van der Waals surface area (Å²) < 4.78 is 24.9. The van der Waals surface area contributed by atoms with Crippen LogP contribution >= 0.6 is 0 Å². The predicted molar refractivity (Wildman–Crippen MR) is 51.6 cm³/mol. The summed E-state index contributed by atoms with van der Waals surface area (Å²) in [4.78, 5) is 12.5. The second-order valence-corrected chi connectivity index (χ2v) is 3.18. The Bertz CT molecular complexity index is 561. The van der Waals surface area contributed by atoms with Gasteiger partial charge in [0.1, 0.15) is 0 Å². The van der Waals surface area contributed by atoms with Gasteiger partial charge < -0.3 is 0 Å². The predicted octanol–water partition coefficient (Wildman–Crippen LogP) is 1.13. The van der Waals surface area contributed by atoms with E-state index in [-0.39, 0.29) is 0 Å². The maximum Gasteiger partial charge on any atom is 0.321 e. The SMILES string of the molecule is Cc1cnn(-c2ccn(C(F)F)c(=O)c2)n1. The van der Waals surface area contributed by atoms with Crippen molar-refractivity contribution in [3.05, 3.63) is 40.6 Å². The van der Waals surface area contributed by atoms with Gasteiger partial charge in [0.05, 0.1) is 17.6 Å². The smallest absolute Gasteiger partial charge is 0.269 e. The third-order valence-electron chi connectivity index (χ3n) is 1.98. The van der Waals surface area contributed by atoms with Crippen LogP contribution in [-0.2, 0) is 0 Å². The second-order valence-electron chi connectivity index (χ2n) is 3.18. The van der Waals surface area contributed by atoms with Crippen molar-refractivity contribution in [2.75, 3.05) is 0 Å². The molecule has 5 nitrogen and oxygen atoms in total. The summed E-state index contributed by atoms with van der Waals surface area (Å²) in [5.74, 6) is 0. The van der Waals surface area contributed by atoms with E-state index in [2.05, 4.69) is 10.2 Å². The minimum Gasteiger partial charge on any atom is -0.269 e. The van der Waals surface area contributed by atoms with Gasteiger partial charge in [-0.15, -0.1) is 0 Å². The van der Waals surface area contributed by atoms with E-state index in [1.165, 1.54) is 17.1 Å². The highest BCUT2D eigenvalue weighted by atomic mass is 19.3. The number of hydrogen-bond donors (Lipinski definition) is 0. The average molecular weight is 226 g/mol. The lowest BCUT2D eigenvalue weighted by Crippen LogP contribution is -2.20. The van der Waals surface area contributed by atoms with Gasteiger partial charge in [0.15, 0.2) is 0 Å². The molecule has 0 bridgehead atoms. The molecule has 0 saturated heterocycles. The van der Waals surface area contributed by atoms with E-state index in [1.807, 2.05) is 0 Å². The van der Waals surface area contributed by atoms with Gasteiger partial charge in [0, 0.05) is 12.3 Å². The lowest BCUT2D eigenvalue weighted by atomic mass is 10.4. The summed E-state index contributed by atoms with van der Waals surface area (Å²) in [7, 11) is 0. The number of aryl methyl sites for hydroxylation is 1. The topological polar surface area (TPSA) is 52.7 Å². The van der Waals surface area contributed by atoms with Crippen molar-refractivity contribution in [3.8, 4) is 5.69 Å². The zero-order valence-electron chi connectivity index (χ0n) is 8.34. The zero-order valence-corrected chi connectivity index (χ0v) is 8.34. The van der Waals surface area contributed by atoms with Crippen LogP contribution < -0.4 is 5.56 Å². The van der Waals surface area contributed by atoms with Crippen molar-refractivity contribution in [2.45, 2.75) is 13.5 Å². The molecule has 0 aromatic carbocycles. The largest absolute Gasteiger partial charge is 0.321 e. The molecule has 0 spiro atoms. The van der Waals surface area contributed by atoms with Gasteiger partial charge in [-0.3, -0.25) is 9.36 Å². The first-order chi connectivity index (χ1) is 7.58. The van der Waals surface area contributed by atoms with Crippen molar-refractivity contribution in [2.24, 2.45) is 0 Å². The fourth-order valence-electron chi connectivity index (χ4n) is 1.23. The number of nitrogens with zero attached hydrogens (tertiary/aromatic N) is 4. The van der Waals surface area contributed by atoms with Crippen LogP contribution in [0.4, 0.5) is 8.78 Å². The van der Waals surface area contributed by atoms with Gasteiger partial charge in [-0.2, -0.15) is 23.8 Å². The molecular formula is C9H8F2N4O. The van der Waals surface area contributed by atoms with Crippen molar-refractivity contribution in [3.63, 3.8) is 0 Å². The van der Waals surface area contributed by atoms with Gasteiger partial charge in [0.25, 0.3) is 5.56 Å². The van der Waals surface area contributed by atoms with Crippen LogP contribution in [0.3, 0.4) is 0 Å². The van der Waals surface area contributed by atoms with E-state index in [1.54, 1.807) is 6.92 Å². The number of halogens is 2. The number of pyridine rings is 1. The van der Waals surface area contributed by atoms with Gasteiger partial charge in [-0.05, 0) is 13.0 Å². The van der Waals surface area contributed by atoms with Crippen molar-refractivity contribution in [1.29, 1.82) is 0 Å². The number of alkyl halides is 2. The van der Waals surface area contributed by atoms with E-state index < -0.39 is 12.1 Å². The Kier molecular flexibility index (Phi) is 2.51. The van der Waals surface area contributed by atoms with Crippen molar-refractivity contribution in [1.82, 2.24) is 19.6 Å². The first-order valence-corrected chi connectivity index (χ1v) is 4.47. The summed E-state index contributed by atoms with van der Waals surface area (Å²) in [6.45, 7) is -1.10. The van der Waals surface area contributed by atoms with Crippen LogP contribution in [-0.4, -0.2) is 19.6 Å². The number of aromatic nitrogens is 4. The standard InChI is InChI=1S/C9H8F2N4O/c1-6-5-12-15(13-6)7-2-3-14(9(10)11)8(16)4-7/h2-5,9H,1H3. The first-order valence-electron chi connectivity index (χ1n) is 4.47. The monoisotopic (exact) mass is 226 g/mol. The van der Waals surface area contributed by atoms with Gasteiger partial charge in [-0.1, -0.05) is 0 Å². The molecule has 0 radical (unpaired) electrons. The molecule has 0 aliphatic carbocycles. The maximum atomic E-state index is 12.3. The summed E-state index contributed by atoms with van der Waals surface area (Å²) in [5, 5.41) is 7.84. The van der Waals surface area contributed by atoms with Crippen LogP contribution in [0.1, 0.15) is 12.2 Å². The first kappa shape index (κ1) is 10.5. The third kappa shape index (κ3) is 1.83. The van der Waals surface area contributed by atoms with E-state index >= 15 is 0 Å². The summed E-state index contributed by atoms with van der Waals surface area (Å²) in [5.41, 5.74) is 0.246. The van der Waals surface area contributed by atoms with Gasteiger partial charge >= 0.3 is 6.55 Å². The van der Waals surface area contributed by atoms with E-state index in [4.69, 9.17) is 0 Å². The molecule has 7 heteroatoms. The van der Waals surface area contributed by atoms with E-state index in [9.17, 15) is 13.6 Å². The van der Waals surface area contributed by atoms with Crippen LogP contribution in [0, 0.1) is 6.92 Å². The molecule has 84 valence electrons. The van der Waals surface area contributed by atoms with E-state index in [0.717, 1.165) is 12.3 Å². The Morgan fingerprint density at radius 1 is 1.44 bits per heavy atom. The highest BCUT2D eigenvalue weighted by molar-refractivity contribution is 5.26. The molecule has 0 aliphatic rings. The Morgan fingerprint density at radius 3 is 2.69 bits per heavy atom. The van der Waals surface area contributed by atoms with Crippen LogP contribution in [0.25, 0.3) is 5.69 Å². The Balaban J connectivity index is 2.46. The number of rotatable bonds is 2. The average Bonchev–Trinajstić information content (AvgIpc) is 2.64. The zero-order chi connectivity index (χ0) is 11.7. The highest BCUT2D eigenvalue weighted by Crippen LogP contribution is 2.08. The fraction of sp³-hybridized carbons (Fsp3) is 0.222. The summed E-state index contributed by atoms with van der Waals surface area (Å²) in [6, 6.07) is 2.42. The Hall–Kier alpha value is -2.05. The molecule has 0 unspecified atom stereocenters. The quantitative estimate of drug-likeness (QED) is 0.771. The highest BCUT2D eigenvalue weighted by Gasteiger charge is 2.09. The second kappa shape index (κ2) is 3.84. The molecule has 0 N–H and O–H groups in total. The normalized spacial score (nSPS) is 11.0. The Labute approximate surface area is 88.9 Å². The third-order valence-corrected chi connectivity index (χ3v) is 1.98. The lowest BCUT2D eigenvalue weighted by Gasteiger charge is -2.04. The Morgan fingerprint density at radius 2 is 2.19 bits per heavy atom. The molecule has 0 saturated carbocycles. The van der Waals surface area contributed by atoms with Crippen LogP contribution in [0.15, 0.2) is 29.3 Å². The molecule has 0 fully saturated rings. The van der Waals surface area contributed by atoms with Gasteiger partial charge in [0.2, 0.25) is 0 Å². The van der Waals surface area contributed by atoms with Crippen LogP contribution in [0.5, 0.6) is 0 Å². The maximum absolute atomic E-state index is 12.3. The number of hydrogen-bond acceptors (Lipinski definition) is 3.